The summed E-state index contributed by atoms with van der Waals surface area (Å²) in [4.78, 5) is 23.1. The van der Waals surface area contributed by atoms with Gasteiger partial charge in [-0.2, -0.15) is 0 Å². The molecule has 0 saturated heterocycles. The Morgan fingerprint density at radius 1 is 1.56 bits per heavy atom. The standard InChI is InChI=1S/C12H16O4/c1-7(6-13)9-4-10(12(15)16-3)8(2)11(14)5-9/h9,13H,1,4-6H2,2-3H3. The molecular weight excluding hydrogens is 208 g/mol. The molecule has 4 nitrogen and oxygen atoms in total. The zero-order valence-electron chi connectivity index (χ0n) is 9.58. The smallest absolute Gasteiger partial charge is 0.334 e. The Hall–Kier alpha value is -1.42. The number of ether oxygens (including phenoxy) is 1. The first-order valence-electron chi connectivity index (χ1n) is 5.11. The van der Waals surface area contributed by atoms with E-state index in [2.05, 4.69) is 11.3 Å². The predicted molar refractivity (Wildman–Crippen MR) is 58.7 cm³/mol. The van der Waals surface area contributed by atoms with Gasteiger partial charge in [0.1, 0.15) is 0 Å². The predicted octanol–water partition coefficient (Wildman–Crippen LogP) is 1.00. The lowest BCUT2D eigenvalue weighted by atomic mass is 9.80. The van der Waals surface area contributed by atoms with E-state index in [-0.39, 0.29) is 18.3 Å². The van der Waals surface area contributed by atoms with E-state index in [0.717, 1.165) is 0 Å². The number of hydrogen-bond donors (Lipinski definition) is 1. The Balaban J connectivity index is 2.97. The van der Waals surface area contributed by atoms with E-state index in [1.54, 1.807) is 6.92 Å². The van der Waals surface area contributed by atoms with Crippen LogP contribution >= 0.6 is 0 Å². The van der Waals surface area contributed by atoms with Gasteiger partial charge < -0.3 is 9.84 Å². The van der Waals surface area contributed by atoms with E-state index in [0.29, 0.717) is 29.6 Å². The van der Waals surface area contributed by atoms with Crippen LogP contribution in [0.1, 0.15) is 19.8 Å². The van der Waals surface area contributed by atoms with Crippen LogP contribution in [0.15, 0.2) is 23.3 Å². The van der Waals surface area contributed by atoms with Gasteiger partial charge in [0.2, 0.25) is 0 Å². The van der Waals surface area contributed by atoms with E-state index in [4.69, 9.17) is 5.11 Å². The molecule has 1 unspecified atom stereocenters. The number of hydrogen-bond acceptors (Lipinski definition) is 4. The summed E-state index contributed by atoms with van der Waals surface area (Å²) in [6.45, 7) is 5.17. The number of allylic oxidation sites excluding steroid dienone is 1. The number of aliphatic hydroxyl groups excluding tert-OH is 1. The fraction of sp³-hybridized carbons (Fsp3) is 0.500. The second-order valence-corrected chi connectivity index (χ2v) is 3.94. The average molecular weight is 224 g/mol. The third-order valence-electron chi connectivity index (χ3n) is 2.97. The minimum absolute atomic E-state index is 0.0775. The van der Waals surface area contributed by atoms with E-state index in [1.807, 2.05) is 0 Å². The number of esters is 1. The van der Waals surface area contributed by atoms with Gasteiger partial charge in [-0.3, -0.25) is 4.79 Å². The second-order valence-electron chi connectivity index (χ2n) is 3.94. The number of aliphatic hydroxyl groups is 1. The summed E-state index contributed by atoms with van der Waals surface area (Å²) in [6.07, 6.45) is 0.732. The van der Waals surface area contributed by atoms with Crippen LogP contribution in [-0.2, 0) is 14.3 Å². The highest BCUT2D eigenvalue weighted by Gasteiger charge is 2.30. The van der Waals surface area contributed by atoms with Gasteiger partial charge in [-0.25, -0.2) is 4.79 Å². The summed E-state index contributed by atoms with van der Waals surface area (Å²) in [5.41, 5.74) is 1.45. The van der Waals surface area contributed by atoms with Crippen molar-refractivity contribution in [3.05, 3.63) is 23.3 Å². The minimum Gasteiger partial charge on any atom is -0.466 e. The van der Waals surface area contributed by atoms with Crippen molar-refractivity contribution in [2.45, 2.75) is 19.8 Å². The average Bonchev–Trinajstić information content (AvgIpc) is 2.30. The first-order valence-corrected chi connectivity index (χ1v) is 5.11. The SMILES string of the molecule is C=C(CO)C1CC(=O)C(C)=C(C(=O)OC)C1. The number of Topliss-reactive ketones (excluding diaryl/α,β-unsaturated/α-hetero) is 1. The maximum absolute atomic E-state index is 11.7. The molecular formula is C12H16O4. The highest BCUT2D eigenvalue weighted by Crippen LogP contribution is 2.31. The quantitative estimate of drug-likeness (QED) is 0.574. The molecule has 0 fully saturated rings. The Bertz CT molecular complexity index is 365. The van der Waals surface area contributed by atoms with Gasteiger partial charge in [0.15, 0.2) is 5.78 Å². The monoisotopic (exact) mass is 224 g/mol. The summed E-state index contributed by atoms with van der Waals surface area (Å²) < 4.78 is 4.63. The van der Waals surface area contributed by atoms with Crippen LogP contribution < -0.4 is 0 Å². The fourth-order valence-corrected chi connectivity index (χ4v) is 1.79. The molecule has 0 spiro atoms. The number of ketones is 1. The van der Waals surface area contributed by atoms with Crippen molar-refractivity contribution in [2.75, 3.05) is 13.7 Å². The minimum atomic E-state index is -0.471. The molecule has 1 N–H and O–H groups in total. The number of methoxy groups -OCH3 is 1. The van der Waals surface area contributed by atoms with Crippen molar-refractivity contribution in [1.82, 2.24) is 0 Å². The molecule has 0 bridgehead atoms. The van der Waals surface area contributed by atoms with Gasteiger partial charge in [0, 0.05) is 17.6 Å². The van der Waals surface area contributed by atoms with E-state index < -0.39 is 5.97 Å². The normalized spacial score (nSPS) is 20.9. The van der Waals surface area contributed by atoms with Crippen molar-refractivity contribution >= 4 is 11.8 Å². The molecule has 0 radical (unpaired) electrons. The van der Waals surface area contributed by atoms with Gasteiger partial charge in [0.25, 0.3) is 0 Å². The van der Waals surface area contributed by atoms with Crippen molar-refractivity contribution in [3.8, 4) is 0 Å². The van der Waals surface area contributed by atoms with Crippen molar-refractivity contribution in [2.24, 2.45) is 5.92 Å². The van der Waals surface area contributed by atoms with E-state index in [9.17, 15) is 9.59 Å². The molecule has 16 heavy (non-hydrogen) atoms. The largest absolute Gasteiger partial charge is 0.466 e. The maximum atomic E-state index is 11.7. The third kappa shape index (κ3) is 2.39. The van der Waals surface area contributed by atoms with Crippen LogP contribution in [-0.4, -0.2) is 30.6 Å². The Morgan fingerprint density at radius 2 is 2.19 bits per heavy atom. The lowest BCUT2D eigenvalue weighted by Crippen LogP contribution is -2.24. The first kappa shape index (κ1) is 12.6. The van der Waals surface area contributed by atoms with Crippen LogP contribution in [0.4, 0.5) is 0 Å². The molecule has 1 atom stereocenters. The third-order valence-corrected chi connectivity index (χ3v) is 2.97. The van der Waals surface area contributed by atoms with Crippen molar-refractivity contribution in [1.29, 1.82) is 0 Å². The van der Waals surface area contributed by atoms with Crippen molar-refractivity contribution in [3.63, 3.8) is 0 Å². The van der Waals surface area contributed by atoms with Crippen LogP contribution in [0.2, 0.25) is 0 Å². The lowest BCUT2D eigenvalue weighted by Gasteiger charge is -2.24. The van der Waals surface area contributed by atoms with Crippen LogP contribution in [0.3, 0.4) is 0 Å². The second kappa shape index (κ2) is 5.07. The highest BCUT2D eigenvalue weighted by atomic mass is 16.5. The van der Waals surface area contributed by atoms with Crippen LogP contribution in [0.25, 0.3) is 0 Å². The molecule has 0 aromatic rings. The molecule has 88 valence electrons. The van der Waals surface area contributed by atoms with Gasteiger partial charge in [0.05, 0.1) is 13.7 Å². The summed E-state index contributed by atoms with van der Waals surface area (Å²) in [7, 11) is 1.29. The van der Waals surface area contributed by atoms with Gasteiger partial charge in [-0.1, -0.05) is 6.58 Å². The number of rotatable bonds is 3. The molecule has 4 heteroatoms. The molecule has 1 aliphatic rings. The zero-order valence-corrected chi connectivity index (χ0v) is 9.58. The van der Waals surface area contributed by atoms with Gasteiger partial charge in [-0.05, 0) is 24.8 Å². The van der Waals surface area contributed by atoms with Crippen LogP contribution in [0, 0.1) is 5.92 Å². The molecule has 0 amide bonds. The summed E-state index contributed by atoms with van der Waals surface area (Å²) in [6, 6.07) is 0. The molecule has 1 aliphatic carbocycles. The topological polar surface area (TPSA) is 63.6 Å². The first-order chi connectivity index (χ1) is 7.51. The van der Waals surface area contributed by atoms with E-state index >= 15 is 0 Å². The number of carbonyl (C=O) groups excluding carboxylic acids is 2. The fourth-order valence-electron chi connectivity index (χ4n) is 1.79. The van der Waals surface area contributed by atoms with E-state index in [1.165, 1.54) is 7.11 Å². The molecule has 0 aliphatic heterocycles. The molecule has 0 saturated carbocycles. The Labute approximate surface area is 94.6 Å². The Morgan fingerprint density at radius 3 is 2.69 bits per heavy atom. The highest BCUT2D eigenvalue weighted by molar-refractivity contribution is 6.04. The van der Waals surface area contributed by atoms with Crippen LogP contribution in [0.5, 0.6) is 0 Å². The van der Waals surface area contributed by atoms with Gasteiger partial charge >= 0.3 is 5.97 Å². The summed E-state index contributed by atoms with van der Waals surface area (Å²) >= 11 is 0. The molecule has 1 rings (SSSR count). The van der Waals surface area contributed by atoms with Crippen molar-refractivity contribution < 1.29 is 19.4 Å². The lowest BCUT2D eigenvalue weighted by molar-refractivity contribution is -0.137. The summed E-state index contributed by atoms with van der Waals surface area (Å²) in [5.74, 6) is -0.706. The molecule has 0 aromatic carbocycles. The summed E-state index contributed by atoms with van der Waals surface area (Å²) in [5, 5.41) is 8.98. The molecule has 0 aromatic heterocycles. The number of carbonyl (C=O) groups is 2. The zero-order chi connectivity index (χ0) is 12.3. The maximum Gasteiger partial charge on any atom is 0.334 e. The Kier molecular flexibility index (Phi) is 4.01. The van der Waals surface area contributed by atoms with Gasteiger partial charge in [-0.15, -0.1) is 0 Å². The molecule has 0 heterocycles.